The first-order valence-electron chi connectivity index (χ1n) is 11.4. The molecular formula is C29H25ClN2O2S2. The van der Waals surface area contributed by atoms with Gasteiger partial charge in [0.1, 0.15) is 11.1 Å². The first-order valence-corrected chi connectivity index (χ1v) is 14.3. The van der Waals surface area contributed by atoms with Crippen molar-refractivity contribution in [3.63, 3.8) is 0 Å². The lowest BCUT2D eigenvalue weighted by Gasteiger charge is -2.14. The summed E-state index contributed by atoms with van der Waals surface area (Å²) in [6.45, 7) is 2.03. The average molecular weight is 533 g/mol. The number of benzene rings is 3. The fourth-order valence-electron chi connectivity index (χ4n) is 3.72. The fraction of sp³-hybridized carbons (Fsp3) is 0.172. The number of nitriles is 1. The van der Waals surface area contributed by atoms with E-state index < -0.39 is 16.9 Å². The van der Waals surface area contributed by atoms with Crippen LogP contribution in [0.4, 0.5) is 0 Å². The largest absolute Gasteiger partial charge is 0.391 e. The van der Waals surface area contributed by atoms with E-state index in [-0.39, 0.29) is 11.5 Å². The zero-order valence-corrected chi connectivity index (χ0v) is 22.1. The number of rotatable bonds is 9. The standard InChI is InChI=1S/C29H25ClN2O2S2/c1-20-7-11-23(12-8-20)28-15-26(22-5-3-2-4-6-22)27(16-31)29(32-28)35-17-25(33)19-36(34)18-21-9-13-24(30)14-10-21/h2-15,25,33H,17-19H2,1H3/t25-,36+/m0/s1. The zero-order valence-electron chi connectivity index (χ0n) is 19.7. The quantitative estimate of drug-likeness (QED) is 0.244. The third-order valence-electron chi connectivity index (χ3n) is 5.56. The molecule has 1 heterocycles. The Morgan fingerprint density at radius 3 is 2.39 bits per heavy atom. The number of aromatic nitrogens is 1. The molecule has 4 rings (SSSR count). The highest BCUT2D eigenvalue weighted by Gasteiger charge is 2.18. The molecule has 2 atom stereocenters. The minimum absolute atomic E-state index is 0.140. The van der Waals surface area contributed by atoms with Crippen molar-refractivity contribution in [2.24, 2.45) is 0 Å². The molecule has 0 bridgehead atoms. The molecule has 182 valence electrons. The number of thioether (sulfide) groups is 1. The summed E-state index contributed by atoms with van der Waals surface area (Å²) in [5.74, 6) is 0.766. The molecule has 1 aromatic heterocycles. The Kier molecular flexibility index (Phi) is 8.95. The van der Waals surface area contributed by atoms with Crippen LogP contribution >= 0.6 is 23.4 Å². The minimum Gasteiger partial charge on any atom is -0.391 e. The van der Waals surface area contributed by atoms with E-state index in [9.17, 15) is 14.6 Å². The van der Waals surface area contributed by atoms with Crippen molar-refractivity contribution in [3.05, 3.63) is 107 Å². The fourth-order valence-corrected chi connectivity index (χ4v) is 6.15. The number of pyridine rings is 1. The number of aryl methyl sites for hydroxylation is 1. The molecule has 3 aromatic carbocycles. The summed E-state index contributed by atoms with van der Waals surface area (Å²) in [6.07, 6.45) is -0.806. The maximum absolute atomic E-state index is 12.6. The average Bonchev–Trinajstić information content (AvgIpc) is 2.89. The summed E-state index contributed by atoms with van der Waals surface area (Å²) in [7, 11) is -1.24. The van der Waals surface area contributed by atoms with Crippen LogP contribution in [0.25, 0.3) is 22.4 Å². The van der Waals surface area contributed by atoms with Crippen molar-refractivity contribution >= 4 is 34.2 Å². The number of aliphatic hydroxyl groups is 1. The smallest absolute Gasteiger partial charge is 0.115 e. The molecule has 0 aliphatic heterocycles. The Morgan fingerprint density at radius 2 is 1.72 bits per heavy atom. The van der Waals surface area contributed by atoms with E-state index in [1.54, 1.807) is 12.1 Å². The van der Waals surface area contributed by atoms with Gasteiger partial charge in [-0.2, -0.15) is 5.26 Å². The van der Waals surface area contributed by atoms with Crippen LogP contribution < -0.4 is 0 Å². The van der Waals surface area contributed by atoms with Crippen LogP contribution in [0, 0.1) is 18.3 Å². The van der Waals surface area contributed by atoms with E-state index in [1.807, 2.05) is 79.7 Å². The van der Waals surface area contributed by atoms with Gasteiger partial charge in [0.05, 0.1) is 23.1 Å². The van der Waals surface area contributed by atoms with Crippen molar-refractivity contribution in [1.82, 2.24) is 4.98 Å². The highest BCUT2D eigenvalue weighted by molar-refractivity contribution is 7.99. The predicted molar refractivity (Wildman–Crippen MR) is 149 cm³/mol. The summed E-state index contributed by atoms with van der Waals surface area (Å²) >= 11 is 7.23. The monoisotopic (exact) mass is 532 g/mol. The lowest BCUT2D eigenvalue weighted by atomic mass is 9.99. The SMILES string of the molecule is Cc1ccc(-c2cc(-c3ccccc3)c(C#N)c(SC[C@H](O)C[S@](=O)Cc3ccc(Cl)cc3)n2)cc1. The molecule has 1 N–H and O–H groups in total. The van der Waals surface area contributed by atoms with Gasteiger partial charge in [0, 0.05) is 38.5 Å². The third kappa shape index (κ3) is 6.83. The molecule has 4 aromatic rings. The molecular weight excluding hydrogens is 508 g/mol. The first kappa shape index (κ1) is 26.1. The normalized spacial score (nSPS) is 12.6. The number of nitrogens with zero attached hydrogens (tertiary/aromatic N) is 2. The van der Waals surface area contributed by atoms with Crippen LogP contribution in [0.15, 0.2) is 90.0 Å². The molecule has 0 amide bonds. The van der Waals surface area contributed by atoms with E-state index in [4.69, 9.17) is 16.6 Å². The maximum atomic E-state index is 12.6. The summed E-state index contributed by atoms with van der Waals surface area (Å²) in [5.41, 5.74) is 5.97. The summed E-state index contributed by atoms with van der Waals surface area (Å²) in [4.78, 5) is 4.80. The van der Waals surface area contributed by atoms with Crippen LogP contribution in [0.5, 0.6) is 0 Å². The van der Waals surface area contributed by atoms with Gasteiger partial charge in [-0.15, -0.1) is 11.8 Å². The molecule has 0 radical (unpaired) electrons. The van der Waals surface area contributed by atoms with Crippen LogP contribution in [-0.4, -0.2) is 31.9 Å². The number of hydrogen-bond acceptors (Lipinski definition) is 5. The molecule has 0 saturated carbocycles. The number of halogens is 1. The van der Waals surface area contributed by atoms with E-state index in [2.05, 4.69) is 6.07 Å². The van der Waals surface area contributed by atoms with Gasteiger partial charge in [-0.05, 0) is 36.2 Å². The van der Waals surface area contributed by atoms with Gasteiger partial charge >= 0.3 is 0 Å². The summed E-state index contributed by atoms with van der Waals surface area (Å²) in [6, 6.07) is 29.3. The van der Waals surface area contributed by atoms with Crippen molar-refractivity contribution in [3.8, 4) is 28.5 Å². The molecule has 7 heteroatoms. The molecule has 0 spiro atoms. The van der Waals surface area contributed by atoms with Gasteiger partial charge < -0.3 is 5.11 Å². The van der Waals surface area contributed by atoms with Gasteiger partial charge in [-0.3, -0.25) is 4.21 Å². The van der Waals surface area contributed by atoms with Crippen molar-refractivity contribution in [2.45, 2.75) is 23.8 Å². The maximum Gasteiger partial charge on any atom is 0.115 e. The zero-order chi connectivity index (χ0) is 25.5. The Balaban J connectivity index is 1.56. The second-order valence-corrected chi connectivity index (χ2v) is 11.4. The summed E-state index contributed by atoms with van der Waals surface area (Å²) in [5, 5.41) is 21.8. The van der Waals surface area contributed by atoms with Crippen molar-refractivity contribution in [1.29, 1.82) is 5.26 Å². The molecule has 36 heavy (non-hydrogen) atoms. The molecule has 0 unspecified atom stereocenters. The summed E-state index contributed by atoms with van der Waals surface area (Å²) < 4.78 is 12.6. The molecule has 0 saturated heterocycles. The van der Waals surface area contributed by atoms with Gasteiger partial charge in [-0.1, -0.05) is 83.9 Å². The molecule has 0 aliphatic carbocycles. The predicted octanol–water partition coefficient (Wildman–Crippen LogP) is 6.65. The second-order valence-electron chi connectivity index (χ2n) is 8.42. The lowest BCUT2D eigenvalue weighted by Crippen LogP contribution is -2.20. The molecule has 0 aliphatic rings. The second kappa shape index (κ2) is 12.3. The first-order chi connectivity index (χ1) is 17.4. The van der Waals surface area contributed by atoms with Gasteiger partial charge in [0.15, 0.2) is 0 Å². The van der Waals surface area contributed by atoms with Crippen molar-refractivity contribution in [2.75, 3.05) is 11.5 Å². The van der Waals surface area contributed by atoms with E-state index >= 15 is 0 Å². The minimum atomic E-state index is -1.24. The van der Waals surface area contributed by atoms with Crippen LogP contribution in [0.2, 0.25) is 5.02 Å². The Morgan fingerprint density at radius 1 is 1.03 bits per heavy atom. The highest BCUT2D eigenvalue weighted by Crippen LogP contribution is 2.34. The van der Waals surface area contributed by atoms with Gasteiger partial charge in [0.2, 0.25) is 0 Å². The van der Waals surface area contributed by atoms with Crippen molar-refractivity contribution < 1.29 is 9.32 Å². The number of aliphatic hydroxyl groups excluding tert-OH is 1. The van der Waals surface area contributed by atoms with Crippen LogP contribution in [0.3, 0.4) is 0 Å². The van der Waals surface area contributed by atoms with E-state index in [1.165, 1.54) is 11.8 Å². The highest BCUT2D eigenvalue weighted by atomic mass is 35.5. The topological polar surface area (TPSA) is 74.0 Å². The lowest BCUT2D eigenvalue weighted by molar-refractivity contribution is 0.224. The van der Waals surface area contributed by atoms with Gasteiger partial charge in [0.25, 0.3) is 0 Å². The molecule has 0 fully saturated rings. The Bertz CT molecular complexity index is 1390. The number of hydrogen-bond donors (Lipinski definition) is 1. The van der Waals surface area contributed by atoms with Crippen LogP contribution in [0.1, 0.15) is 16.7 Å². The Hall–Kier alpha value is -2.95. The van der Waals surface area contributed by atoms with E-state index in [0.717, 1.165) is 33.5 Å². The third-order valence-corrected chi connectivity index (χ3v) is 8.35. The molecule has 4 nitrogen and oxygen atoms in total. The van der Waals surface area contributed by atoms with E-state index in [0.29, 0.717) is 21.4 Å². The Labute approximate surface area is 223 Å². The van der Waals surface area contributed by atoms with Gasteiger partial charge in [-0.25, -0.2) is 4.98 Å². The van der Waals surface area contributed by atoms with Crippen LogP contribution in [-0.2, 0) is 16.6 Å².